The van der Waals surface area contributed by atoms with Crippen molar-refractivity contribution in [1.82, 2.24) is 0 Å². The highest BCUT2D eigenvalue weighted by molar-refractivity contribution is 5.96. The highest BCUT2D eigenvalue weighted by atomic mass is 16.5. The smallest absolute Gasteiger partial charge is 0.231 e. The minimum atomic E-state index is -0.232. The van der Waals surface area contributed by atoms with Gasteiger partial charge in [0.25, 0.3) is 0 Å². The van der Waals surface area contributed by atoms with Crippen LogP contribution >= 0.6 is 0 Å². The number of hydrogen-bond donors (Lipinski definition) is 1. The summed E-state index contributed by atoms with van der Waals surface area (Å²) in [6.07, 6.45) is 2.52. The third-order valence-electron chi connectivity index (χ3n) is 5.57. The van der Waals surface area contributed by atoms with Crippen molar-refractivity contribution in [3.8, 4) is 5.75 Å². The average molecular weight is 374 g/mol. The number of anilines is 2. The minimum absolute atomic E-state index is 0.00165. The maximum absolute atomic E-state index is 12.7. The first-order chi connectivity index (χ1) is 13.6. The van der Waals surface area contributed by atoms with E-state index >= 15 is 0 Å². The molecule has 28 heavy (non-hydrogen) atoms. The number of nitrogens with one attached hydrogen (secondary N) is 1. The lowest BCUT2D eigenvalue weighted by Gasteiger charge is -2.18. The molecule has 3 aromatic rings. The van der Waals surface area contributed by atoms with Gasteiger partial charge in [-0.1, -0.05) is 24.3 Å². The average Bonchev–Trinajstić information content (AvgIpc) is 3.28. The normalized spacial score (nSPS) is 14.9. The van der Waals surface area contributed by atoms with E-state index in [2.05, 4.69) is 28.4 Å². The second-order valence-electron chi connectivity index (χ2n) is 7.42. The second-order valence-corrected chi connectivity index (χ2v) is 7.42. The molecular weight excluding hydrogens is 348 g/mol. The number of amides is 1. The molecule has 0 aliphatic carbocycles. The van der Waals surface area contributed by atoms with E-state index in [1.165, 1.54) is 18.5 Å². The number of nitrogens with zero attached hydrogens (tertiary/aromatic N) is 1. The van der Waals surface area contributed by atoms with Gasteiger partial charge in [0.1, 0.15) is 5.75 Å². The van der Waals surface area contributed by atoms with E-state index in [-0.39, 0.29) is 11.8 Å². The molecule has 1 aliphatic heterocycles. The summed E-state index contributed by atoms with van der Waals surface area (Å²) in [4.78, 5) is 15.1. The van der Waals surface area contributed by atoms with Crippen LogP contribution in [0.4, 0.5) is 11.4 Å². The van der Waals surface area contributed by atoms with Gasteiger partial charge in [-0.2, -0.15) is 0 Å². The summed E-state index contributed by atoms with van der Waals surface area (Å²) in [5.41, 5.74) is 3.07. The third kappa shape index (κ3) is 3.81. The number of methoxy groups -OCH3 is 1. The number of ether oxygens (including phenoxy) is 1. The van der Waals surface area contributed by atoms with Crippen molar-refractivity contribution in [2.24, 2.45) is 0 Å². The van der Waals surface area contributed by atoms with Crippen molar-refractivity contribution in [3.63, 3.8) is 0 Å². The van der Waals surface area contributed by atoms with Crippen LogP contribution in [0.2, 0.25) is 0 Å². The van der Waals surface area contributed by atoms with Crippen LogP contribution in [-0.2, 0) is 4.79 Å². The molecule has 4 heteroatoms. The highest BCUT2D eigenvalue weighted by Gasteiger charge is 2.17. The first-order valence-electron chi connectivity index (χ1n) is 9.87. The summed E-state index contributed by atoms with van der Waals surface area (Å²) < 4.78 is 5.28. The van der Waals surface area contributed by atoms with Crippen molar-refractivity contribution < 1.29 is 9.53 Å². The van der Waals surface area contributed by atoms with E-state index in [1.54, 1.807) is 7.11 Å². The monoisotopic (exact) mass is 374 g/mol. The molecule has 1 unspecified atom stereocenters. The predicted octanol–water partition coefficient (Wildman–Crippen LogP) is 5.19. The van der Waals surface area contributed by atoms with E-state index < -0.39 is 0 Å². The fourth-order valence-electron chi connectivity index (χ4n) is 3.77. The Morgan fingerprint density at radius 1 is 0.964 bits per heavy atom. The van der Waals surface area contributed by atoms with Gasteiger partial charge in [-0.3, -0.25) is 4.79 Å². The van der Waals surface area contributed by atoms with Crippen molar-refractivity contribution >= 4 is 28.1 Å². The molecule has 144 valence electrons. The van der Waals surface area contributed by atoms with Crippen LogP contribution in [0.5, 0.6) is 5.75 Å². The molecule has 1 fully saturated rings. The lowest BCUT2D eigenvalue weighted by molar-refractivity contribution is -0.117. The summed E-state index contributed by atoms with van der Waals surface area (Å²) in [5, 5.41) is 5.26. The fourth-order valence-corrected chi connectivity index (χ4v) is 3.77. The molecule has 4 nitrogen and oxygen atoms in total. The SMILES string of the molecule is COc1ccc2cc(C(C)C(=O)Nc3ccc(N4CCCC4)cc3)ccc2c1. The van der Waals surface area contributed by atoms with Gasteiger partial charge in [0, 0.05) is 24.5 Å². The Balaban J connectivity index is 1.46. The van der Waals surface area contributed by atoms with Gasteiger partial charge in [0.2, 0.25) is 5.91 Å². The maximum atomic E-state index is 12.7. The maximum Gasteiger partial charge on any atom is 0.231 e. The van der Waals surface area contributed by atoms with E-state index in [1.807, 2.05) is 49.4 Å². The number of carbonyl (C=O) groups excluding carboxylic acids is 1. The first-order valence-corrected chi connectivity index (χ1v) is 9.87. The van der Waals surface area contributed by atoms with Crippen LogP contribution < -0.4 is 15.0 Å². The minimum Gasteiger partial charge on any atom is -0.497 e. The molecule has 1 saturated heterocycles. The van der Waals surface area contributed by atoms with Crippen LogP contribution in [-0.4, -0.2) is 26.1 Å². The fraction of sp³-hybridized carbons (Fsp3) is 0.292. The molecule has 0 saturated carbocycles. The van der Waals surface area contributed by atoms with Gasteiger partial charge < -0.3 is 15.0 Å². The number of carbonyl (C=O) groups is 1. The summed E-state index contributed by atoms with van der Waals surface area (Å²) in [7, 11) is 1.67. The Morgan fingerprint density at radius 2 is 1.64 bits per heavy atom. The Hall–Kier alpha value is -3.01. The number of fused-ring (bicyclic) bond motifs is 1. The van der Waals surface area contributed by atoms with E-state index in [4.69, 9.17) is 4.74 Å². The standard InChI is InChI=1S/C24H26N2O2/c1-17(18-5-6-20-16-23(28-2)12-7-19(20)15-18)24(27)25-21-8-10-22(11-9-21)26-13-3-4-14-26/h5-12,15-17H,3-4,13-14H2,1-2H3,(H,25,27). The summed E-state index contributed by atoms with van der Waals surface area (Å²) in [6.45, 7) is 4.19. The molecule has 1 aliphatic rings. The lowest BCUT2D eigenvalue weighted by atomic mass is 9.97. The van der Waals surface area contributed by atoms with Gasteiger partial charge in [0.15, 0.2) is 0 Å². The molecule has 0 bridgehead atoms. The predicted molar refractivity (Wildman–Crippen MR) is 115 cm³/mol. The van der Waals surface area contributed by atoms with Crippen LogP contribution in [0.1, 0.15) is 31.2 Å². The van der Waals surface area contributed by atoms with E-state index in [0.717, 1.165) is 40.9 Å². The largest absolute Gasteiger partial charge is 0.497 e. The van der Waals surface area contributed by atoms with Crippen LogP contribution in [0.15, 0.2) is 60.7 Å². The van der Waals surface area contributed by atoms with Crippen molar-refractivity contribution in [1.29, 1.82) is 0 Å². The zero-order chi connectivity index (χ0) is 19.5. The zero-order valence-corrected chi connectivity index (χ0v) is 16.4. The molecule has 3 aromatic carbocycles. The van der Waals surface area contributed by atoms with Gasteiger partial charge in [-0.15, -0.1) is 0 Å². The van der Waals surface area contributed by atoms with Gasteiger partial charge in [-0.05, 0) is 72.5 Å². The first kappa shape index (κ1) is 18.4. The molecule has 1 heterocycles. The quantitative estimate of drug-likeness (QED) is 0.668. The van der Waals surface area contributed by atoms with Gasteiger partial charge in [-0.25, -0.2) is 0 Å². The van der Waals surface area contributed by atoms with Crippen LogP contribution in [0, 0.1) is 0 Å². The topological polar surface area (TPSA) is 41.6 Å². The number of hydrogen-bond acceptors (Lipinski definition) is 3. The number of benzene rings is 3. The molecule has 0 spiro atoms. The molecular formula is C24H26N2O2. The van der Waals surface area contributed by atoms with Gasteiger partial charge in [0.05, 0.1) is 13.0 Å². The molecule has 1 N–H and O–H groups in total. The highest BCUT2D eigenvalue weighted by Crippen LogP contribution is 2.27. The van der Waals surface area contributed by atoms with Crippen LogP contribution in [0.25, 0.3) is 10.8 Å². The Bertz CT molecular complexity index is 976. The Morgan fingerprint density at radius 3 is 2.36 bits per heavy atom. The summed E-state index contributed by atoms with van der Waals surface area (Å²) in [6, 6.07) is 20.3. The molecule has 0 aromatic heterocycles. The Labute approximate surface area is 166 Å². The summed E-state index contributed by atoms with van der Waals surface area (Å²) >= 11 is 0. The second kappa shape index (κ2) is 7.93. The third-order valence-corrected chi connectivity index (χ3v) is 5.57. The van der Waals surface area contributed by atoms with Gasteiger partial charge >= 0.3 is 0 Å². The lowest BCUT2D eigenvalue weighted by Crippen LogP contribution is -2.19. The van der Waals surface area contributed by atoms with Crippen molar-refractivity contribution in [2.45, 2.75) is 25.7 Å². The molecule has 4 rings (SSSR count). The molecule has 1 atom stereocenters. The Kier molecular flexibility index (Phi) is 5.20. The van der Waals surface area contributed by atoms with Crippen molar-refractivity contribution in [3.05, 3.63) is 66.2 Å². The summed E-state index contributed by atoms with van der Waals surface area (Å²) in [5.74, 6) is 0.606. The molecule has 1 amide bonds. The number of rotatable bonds is 5. The van der Waals surface area contributed by atoms with E-state index in [0.29, 0.717) is 0 Å². The zero-order valence-electron chi connectivity index (χ0n) is 16.4. The van der Waals surface area contributed by atoms with E-state index in [9.17, 15) is 4.79 Å². The molecule has 0 radical (unpaired) electrons. The van der Waals surface area contributed by atoms with Crippen LogP contribution in [0.3, 0.4) is 0 Å². The van der Waals surface area contributed by atoms with Crippen molar-refractivity contribution in [2.75, 3.05) is 30.4 Å².